The Morgan fingerprint density at radius 2 is 2.20 bits per heavy atom. The molecule has 1 unspecified atom stereocenters. The highest BCUT2D eigenvalue weighted by atomic mass is 16.6. The van der Waals surface area contributed by atoms with Gasteiger partial charge >= 0.3 is 6.09 Å². The summed E-state index contributed by atoms with van der Waals surface area (Å²) >= 11 is 0. The van der Waals surface area contributed by atoms with Crippen LogP contribution in [-0.4, -0.2) is 62.0 Å². The maximum Gasteiger partial charge on any atom is 0.407 e. The Hall–Kier alpha value is -0.850. The molecule has 1 fully saturated rings. The number of ether oxygens (including phenoxy) is 2. The van der Waals surface area contributed by atoms with Gasteiger partial charge < -0.3 is 20.5 Å². The van der Waals surface area contributed by atoms with Crippen LogP contribution in [0.25, 0.3) is 0 Å². The van der Waals surface area contributed by atoms with E-state index in [1.807, 2.05) is 20.8 Å². The molecule has 0 aromatic rings. The zero-order chi connectivity index (χ0) is 15.0. The van der Waals surface area contributed by atoms with Gasteiger partial charge in [-0.05, 0) is 46.7 Å². The van der Waals surface area contributed by atoms with Crippen LogP contribution in [0.5, 0.6) is 0 Å². The van der Waals surface area contributed by atoms with Crippen molar-refractivity contribution in [1.29, 1.82) is 0 Å². The van der Waals surface area contributed by atoms with Gasteiger partial charge in [0.25, 0.3) is 0 Å². The lowest BCUT2D eigenvalue weighted by atomic mass is 10.2. The Labute approximate surface area is 122 Å². The second-order valence-electron chi connectivity index (χ2n) is 6.17. The quantitative estimate of drug-likeness (QED) is 0.711. The van der Waals surface area contributed by atoms with Crippen molar-refractivity contribution in [2.45, 2.75) is 45.3 Å². The van der Waals surface area contributed by atoms with Crippen molar-refractivity contribution in [2.24, 2.45) is 5.73 Å². The van der Waals surface area contributed by atoms with Crippen LogP contribution in [0, 0.1) is 0 Å². The topological polar surface area (TPSA) is 76.8 Å². The number of nitrogens with one attached hydrogen (secondary N) is 1. The van der Waals surface area contributed by atoms with Crippen molar-refractivity contribution in [3.05, 3.63) is 0 Å². The van der Waals surface area contributed by atoms with Crippen molar-refractivity contribution < 1.29 is 14.3 Å². The van der Waals surface area contributed by atoms with Crippen LogP contribution >= 0.6 is 0 Å². The molecule has 0 saturated carbocycles. The zero-order valence-corrected chi connectivity index (χ0v) is 13.0. The molecule has 1 aliphatic heterocycles. The molecule has 0 spiro atoms. The summed E-state index contributed by atoms with van der Waals surface area (Å²) in [5.41, 5.74) is 5.03. The van der Waals surface area contributed by atoms with Gasteiger partial charge in [-0.1, -0.05) is 0 Å². The average molecular weight is 287 g/mol. The van der Waals surface area contributed by atoms with Crippen molar-refractivity contribution in [3.63, 3.8) is 0 Å². The van der Waals surface area contributed by atoms with Gasteiger partial charge in [-0.15, -0.1) is 0 Å². The van der Waals surface area contributed by atoms with Crippen molar-refractivity contribution in [1.82, 2.24) is 10.2 Å². The highest BCUT2D eigenvalue weighted by molar-refractivity contribution is 5.67. The first-order valence-electron chi connectivity index (χ1n) is 7.41. The van der Waals surface area contributed by atoms with Crippen molar-refractivity contribution in [3.8, 4) is 0 Å². The third kappa shape index (κ3) is 7.67. The molecule has 0 radical (unpaired) electrons. The molecular formula is C14H29N3O3. The minimum absolute atomic E-state index is 0.0362. The Morgan fingerprint density at radius 3 is 2.85 bits per heavy atom. The SMILES string of the molecule is CC(C)(C)OC(=O)NCC1CN(CCCCN)CCO1. The van der Waals surface area contributed by atoms with Crippen molar-refractivity contribution >= 4 is 6.09 Å². The van der Waals surface area contributed by atoms with Crippen LogP contribution in [0.3, 0.4) is 0 Å². The van der Waals surface area contributed by atoms with E-state index in [9.17, 15) is 4.79 Å². The second kappa shape index (κ2) is 8.44. The molecule has 118 valence electrons. The summed E-state index contributed by atoms with van der Waals surface area (Å²) in [4.78, 5) is 13.9. The fourth-order valence-electron chi connectivity index (χ4n) is 2.10. The number of unbranched alkanes of at least 4 members (excludes halogenated alkanes) is 1. The molecule has 0 bridgehead atoms. The number of alkyl carbamates (subject to hydrolysis) is 1. The third-order valence-electron chi connectivity index (χ3n) is 3.02. The van der Waals surface area contributed by atoms with Gasteiger partial charge in [0.05, 0.1) is 12.7 Å². The number of amides is 1. The summed E-state index contributed by atoms with van der Waals surface area (Å²) in [7, 11) is 0. The number of hydrogen-bond acceptors (Lipinski definition) is 5. The molecule has 1 amide bonds. The molecule has 0 aromatic heterocycles. The number of carbonyl (C=O) groups excluding carboxylic acids is 1. The number of hydrogen-bond donors (Lipinski definition) is 2. The van der Waals surface area contributed by atoms with Crippen LogP contribution in [0.1, 0.15) is 33.6 Å². The zero-order valence-electron chi connectivity index (χ0n) is 13.0. The van der Waals surface area contributed by atoms with Crippen LogP contribution < -0.4 is 11.1 Å². The Kier molecular flexibility index (Phi) is 7.26. The standard InChI is InChI=1S/C14H29N3O3/c1-14(2,3)20-13(18)16-10-12-11-17(8-9-19-12)7-5-4-6-15/h12H,4-11,15H2,1-3H3,(H,16,18). The van der Waals surface area contributed by atoms with Crippen LogP contribution in [0.15, 0.2) is 0 Å². The summed E-state index contributed by atoms with van der Waals surface area (Å²) in [5.74, 6) is 0. The lowest BCUT2D eigenvalue weighted by molar-refractivity contribution is -0.0288. The van der Waals surface area contributed by atoms with Gasteiger partial charge in [-0.2, -0.15) is 0 Å². The van der Waals surface area contributed by atoms with Crippen LogP contribution in [0.2, 0.25) is 0 Å². The largest absolute Gasteiger partial charge is 0.444 e. The number of carbonyl (C=O) groups is 1. The lowest BCUT2D eigenvalue weighted by Crippen LogP contribution is -2.48. The van der Waals surface area contributed by atoms with E-state index in [1.54, 1.807) is 0 Å². The number of rotatable bonds is 6. The van der Waals surface area contributed by atoms with Gasteiger partial charge in [-0.25, -0.2) is 4.79 Å². The van der Waals surface area contributed by atoms with Crippen LogP contribution in [0.4, 0.5) is 4.79 Å². The van der Waals surface area contributed by atoms with E-state index in [0.29, 0.717) is 13.2 Å². The summed E-state index contributed by atoms with van der Waals surface area (Å²) in [6, 6.07) is 0. The highest BCUT2D eigenvalue weighted by Gasteiger charge is 2.22. The fraction of sp³-hybridized carbons (Fsp3) is 0.929. The molecule has 6 nitrogen and oxygen atoms in total. The molecule has 1 saturated heterocycles. The summed E-state index contributed by atoms with van der Waals surface area (Å²) in [5, 5.41) is 2.76. The molecule has 1 rings (SSSR count). The monoisotopic (exact) mass is 287 g/mol. The average Bonchev–Trinajstić information content (AvgIpc) is 2.35. The summed E-state index contributed by atoms with van der Waals surface area (Å²) < 4.78 is 10.9. The molecule has 0 aliphatic carbocycles. The van der Waals surface area contributed by atoms with E-state index in [4.69, 9.17) is 15.2 Å². The Morgan fingerprint density at radius 1 is 1.45 bits per heavy atom. The molecule has 20 heavy (non-hydrogen) atoms. The molecule has 1 atom stereocenters. The first kappa shape index (κ1) is 17.2. The van der Waals surface area contributed by atoms with Gasteiger partial charge in [0.2, 0.25) is 0 Å². The minimum atomic E-state index is -0.467. The second-order valence-corrected chi connectivity index (χ2v) is 6.17. The van der Waals surface area contributed by atoms with E-state index in [-0.39, 0.29) is 12.2 Å². The summed E-state index contributed by atoms with van der Waals surface area (Å²) in [6.45, 7) is 10.3. The number of nitrogens with zero attached hydrogens (tertiary/aromatic N) is 1. The number of nitrogens with two attached hydrogens (primary N) is 1. The van der Waals surface area contributed by atoms with Gasteiger partial charge in [0.15, 0.2) is 0 Å². The van der Waals surface area contributed by atoms with Gasteiger partial charge in [0.1, 0.15) is 5.60 Å². The first-order chi connectivity index (χ1) is 9.40. The summed E-state index contributed by atoms with van der Waals surface area (Å²) in [6.07, 6.45) is 1.82. The third-order valence-corrected chi connectivity index (χ3v) is 3.02. The number of morpholine rings is 1. The first-order valence-corrected chi connectivity index (χ1v) is 7.41. The predicted octanol–water partition coefficient (Wildman–Crippen LogP) is 0.951. The normalized spacial score (nSPS) is 20.7. The van der Waals surface area contributed by atoms with E-state index in [1.165, 1.54) is 0 Å². The lowest BCUT2D eigenvalue weighted by Gasteiger charge is -2.33. The van der Waals surface area contributed by atoms with Crippen molar-refractivity contribution in [2.75, 3.05) is 39.3 Å². The molecule has 1 aliphatic rings. The molecular weight excluding hydrogens is 258 g/mol. The Balaban J connectivity index is 2.21. The molecule has 6 heteroatoms. The van der Waals surface area contributed by atoms with E-state index < -0.39 is 5.60 Å². The molecule has 1 heterocycles. The van der Waals surface area contributed by atoms with Gasteiger partial charge in [-0.3, -0.25) is 4.90 Å². The smallest absolute Gasteiger partial charge is 0.407 e. The van der Waals surface area contributed by atoms with E-state index >= 15 is 0 Å². The maximum atomic E-state index is 11.6. The molecule has 0 aromatic carbocycles. The maximum absolute atomic E-state index is 11.6. The fourth-order valence-corrected chi connectivity index (χ4v) is 2.10. The van der Waals surface area contributed by atoms with E-state index in [0.717, 1.165) is 39.0 Å². The predicted molar refractivity (Wildman–Crippen MR) is 78.7 cm³/mol. The van der Waals surface area contributed by atoms with Crippen LogP contribution in [-0.2, 0) is 9.47 Å². The van der Waals surface area contributed by atoms with E-state index in [2.05, 4.69) is 10.2 Å². The molecule has 3 N–H and O–H groups in total. The Bertz CT molecular complexity index is 292. The minimum Gasteiger partial charge on any atom is -0.444 e. The van der Waals surface area contributed by atoms with Gasteiger partial charge in [0, 0.05) is 19.6 Å². The highest BCUT2D eigenvalue weighted by Crippen LogP contribution is 2.08.